The smallest absolute Gasteiger partial charge is 0.266 e. The fourth-order valence-electron chi connectivity index (χ4n) is 1.04. The van der Waals surface area contributed by atoms with Crippen molar-refractivity contribution in [1.82, 2.24) is 4.98 Å². The second-order valence-electron chi connectivity index (χ2n) is 2.64. The molecule has 0 saturated heterocycles. The van der Waals surface area contributed by atoms with Gasteiger partial charge in [-0.25, -0.2) is 22.2 Å². The van der Waals surface area contributed by atoms with E-state index in [1.807, 2.05) is 0 Å². The van der Waals surface area contributed by atoms with Gasteiger partial charge in [-0.05, 0) is 0 Å². The van der Waals surface area contributed by atoms with Gasteiger partial charge in [-0.3, -0.25) is 0 Å². The SMILES string of the molecule is COc1ncc(C(F)F)c(S(=O)(=O)Cl)c1O. The van der Waals surface area contributed by atoms with Crippen LogP contribution >= 0.6 is 10.7 Å². The average Bonchev–Trinajstić information content (AvgIpc) is 2.14. The van der Waals surface area contributed by atoms with Crippen molar-refractivity contribution in [1.29, 1.82) is 0 Å². The Morgan fingerprint density at radius 1 is 1.56 bits per heavy atom. The van der Waals surface area contributed by atoms with Crippen LogP contribution in [-0.2, 0) is 9.05 Å². The molecule has 0 saturated carbocycles. The third kappa shape index (κ3) is 2.33. The zero-order valence-electron chi connectivity index (χ0n) is 7.82. The van der Waals surface area contributed by atoms with E-state index in [1.165, 1.54) is 0 Å². The Kier molecular flexibility index (Phi) is 3.54. The summed E-state index contributed by atoms with van der Waals surface area (Å²) in [5.74, 6) is -1.53. The molecule has 0 aliphatic heterocycles. The molecule has 1 N–H and O–H groups in total. The van der Waals surface area contributed by atoms with Crippen molar-refractivity contribution in [3.8, 4) is 11.6 Å². The van der Waals surface area contributed by atoms with Gasteiger partial charge in [0, 0.05) is 16.9 Å². The van der Waals surface area contributed by atoms with Crippen LogP contribution in [0.2, 0.25) is 0 Å². The normalized spacial score (nSPS) is 11.8. The summed E-state index contributed by atoms with van der Waals surface area (Å²) in [6.45, 7) is 0. The minimum atomic E-state index is -4.52. The van der Waals surface area contributed by atoms with E-state index in [1.54, 1.807) is 0 Å². The van der Waals surface area contributed by atoms with Crippen LogP contribution in [0.4, 0.5) is 8.78 Å². The van der Waals surface area contributed by atoms with Crippen LogP contribution in [0.15, 0.2) is 11.1 Å². The third-order valence-corrected chi connectivity index (χ3v) is 3.05. The van der Waals surface area contributed by atoms with Crippen LogP contribution in [0.5, 0.6) is 11.6 Å². The van der Waals surface area contributed by atoms with E-state index in [4.69, 9.17) is 10.7 Å². The number of aromatic nitrogens is 1. The van der Waals surface area contributed by atoms with E-state index >= 15 is 0 Å². The summed E-state index contributed by atoms with van der Waals surface area (Å²) in [5.41, 5.74) is -0.978. The topological polar surface area (TPSA) is 76.5 Å². The van der Waals surface area contributed by atoms with Crippen LogP contribution in [0.25, 0.3) is 0 Å². The molecule has 0 radical (unpaired) electrons. The number of nitrogens with zero attached hydrogens (tertiary/aromatic N) is 1. The summed E-state index contributed by atoms with van der Waals surface area (Å²) in [6, 6.07) is 0. The minimum Gasteiger partial charge on any atom is -0.502 e. The van der Waals surface area contributed by atoms with Crippen molar-refractivity contribution in [3.63, 3.8) is 0 Å². The molecule has 9 heteroatoms. The molecule has 90 valence electrons. The van der Waals surface area contributed by atoms with Gasteiger partial charge in [-0.15, -0.1) is 0 Å². The zero-order valence-corrected chi connectivity index (χ0v) is 9.39. The molecule has 1 rings (SSSR count). The van der Waals surface area contributed by atoms with Gasteiger partial charge < -0.3 is 9.84 Å². The highest BCUT2D eigenvalue weighted by Gasteiger charge is 2.29. The first-order valence-electron chi connectivity index (χ1n) is 3.77. The molecule has 0 aliphatic rings. The van der Waals surface area contributed by atoms with Gasteiger partial charge in [0.2, 0.25) is 0 Å². The summed E-state index contributed by atoms with van der Waals surface area (Å²) in [7, 11) is 1.51. The molecule has 0 atom stereocenters. The average molecular weight is 274 g/mol. The van der Waals surface area contributed by atoms with Gasteiger partial charge in [-0.2, -0.15) is 0 Å². The van der Waals surface area contributed by atoms with Crippen molar-refractivity contribution in [2.75, 3.05) is 7.11 Å². The van der Waals surface area contributed by atoms with Crippen molar-refractivity contribution < 1.29 is 27.0 Å². The summed E-state index contributed by atoms with van der Waals surface area (Å²) in [5, 5.41) is 9.37. The maximum Gasteiger partial charge on any atom is 0.266 e. The van der Waals surface area contributed by atoms with Crippen molar-refractivity contribution in [2.24, 2.45) is 0 Å². The predicted octanol–water partition coefficient (Wildman–Crippen LogP) is 1.66. The van der Waals surface area contributed by atoms with E-state index in [9.17, 15) is 22.3 Å². The number of alkyl halides is 2. The Morgan fingerprint density at radius 2 is 2.12 bits per heavy atom. The second-order valence-corrected chi connectivity index (χ2v) is 5.14. The maximum atomic E-state index is 12.5. The standard InChI is InChI=1S/C7H6ClF2NO4S/c1-15-7-4(12)5(16(8,13)14)3(2-11-7)6(9)10/h2,6,12H,1H3. The van der Waals surface area contributed by atoms with Gasteiger partial charge in [0.25, 0.3) is 21.4 Å². The van der Waals surface area contributed by atoms with Crippen molar-refractivity contribution in [3.05, 3.63) is 11.8 Å². The number of halogens is 3. The Morgan fingerprint density at radius 3 is 2.50 bits per heavy atom. The first kappa shape index (κ1) is 12.9. The highest BCUT2D eigenvalue weighted by Crippen LogP contribution is 2.39. The monoisotopic (exact) mass is 273 g/mol. The number of ether oxygens (including phenoxy) is 1. The Labute approximate surface area is 94.1 Å². The molecule has 16 heavy (non-hydrogen) atoms. The third-order valence-electron chi connectivity index (χ3n) is 1.67. The van der Waals surface area contributed by atoms with Crippen LogP contribution in [-0.4, -0.2) is 25.6 Å². The number of methoxy groups -OCH3 is 1. The van der Waals surface area contributed by atoms with E-state index in [2.05, 4.69) is 9.72 Å². The molecule has 0 amide bonds. The number of rotatable bonds is 3. The second kappa shape index (κ2) is 4.38. The maximum absolute atomic E-state index is 12.5. The number of pyridine rings is 1. The molecule has 0 bridgehead atoms. The molecular formula is C7H6ClF2NO4S. The van der Waals surface area contributed by atoms with E-state index < -0.39 is 37.6 Å². The Bertz CT molecular complexity index is 505. The van der Waals surface area contributed by atoms with Crippen molar-refractivity contribution >= 4 is 19.7 Å². The van der Waals surface area contributed by atoms with E-state index in [-0.39, 0.29) is 0 Å². The quantitative estimate of drug-likeness (QED) is 0.848. The molecule has 0 spiro atoms. The number of hydrogen-bond donors (Lipinski definition) is 1. The zero-order chi connectivity index (χ0) is 12.5. The largest absolute Gasteiger partial charge is 0.502 e. The summed E-state index contributed by atoms with van der Waals surface area (Å²) < 4.78 is 51.5. The summed E-state index contributed by atoms with van der Waals surface area (Å²) in [6.07, 6.45) is -2.55. The van der Waals surface area contributed by atoms with Gasteiger partial charge in [0.05, 0.1) is 12.7 Å². The molecule has 1 heterocycles. The molecular weight excluding hydrogens is 268 g/mol. The van der Waals surface area contributed by atoms with Gasteiger partial charge in [-0.1, -0.05) is 0 Å². The lowest BCUT2D eigenvalue weighted by Crippen LogP contribution is -2.02. The molecule has 0 fully saturated rings. The highest BCUT2D eigenvalue weighted by molar-refractivity contribution is 8.13. The first-order valence-corrected chi connectivity index (χ1v) is 6.08. The summed E-state index contributed by atoms with van der Waals surface area (Å²) >= 11 is 0. The fraction of sp³-hybridized carbons (Fsp3) is 0.286. The molecule has 5 nitrogen and oxygen atoms in total. The van der Waals surface area contributed by atoms with Gasteiger partial charge >= 0.3 is 0 Å². The first-order chi connectivity index (χ1) is 7.29. The fourth-order valence-corrected chi connectivity index (χ4v) is 2.27. The lowest BCUT2D eigenvalue weighted by atomic mass is 10.3. The lowest BCUT2D eigenvalue weighted by Gasteiger charge is -2.09. The minimum absolute atomic E-state index is 0.497. The van der Waals surface area contributed by atoms with Crippen LogP contribution in [0.1, 0.15) is 12.0 Å². The van der Waals surface area contributed by atoms with Crippen LogP contribution < -0.4 is 4.74 Å². The molecule has 1 aromatic rings. The summed E-state index contributed by atoms with van der Waals surface area (Å²) in [4.78, 5) is 2.23. The van der Waals surface area contributed by atoms with E-state index in [0.717, 1.165) is 7.11 Å². The van der Waals surface area contributed by atoms with Gasteiger partial charge in [0.1, 0.15) is 4.90 Å². The van der Waals surface area contributed by atoms with E-state index in [0.29, 0.717) is 6.20 Å². The lowest BCUT2D eigenvalue weighted by molar-refractivity contribution is 0.146. The molecule has 0 aliphatic carbocycles. The number of hydrogen-bond acceptors (Lipinski definition) is 5. The van der Waals surface area contributed by atoms with Crippen molar-refractivity contribution in [2.45, 2.75) is 11.3 Å². The predicted molar refractivity (Wildman–Crippen MR) is 50.4 cm³/mol. The molecule has 0 aromatic carbocycles. The Hall–Kier alpha value is -1.15. The van der Waals surface area contributed by atoms with Crippen LogP contribution in [0, 0.1) is 0 Å². The number of aromatic hydroxyl groups is 1. The van der Waals surface area contributed by atoms with Gasteiger partial charge in [0.15, 0.2) is 5.75 Å². The highest BCUT2D eigenvalue weighted by atomic mass is 35.7. The Balaban J connectivity index is 3.63. The molecule has 0 unspecified atom stereocenters. The van der Waals surface area contributed by atoms with Crippen LogP contribution in [0.3, 0.4) is 0 Å². The molecule has 1 aromatic heterocycles.